The Morgan fingerprint density at radius 3 is 2.15 bits per heavy atom. The van der Waals surface area contributed by atoms with Crippen LogP contribution in [0, 0.1) is 18.8 Å². The van der Waals surface area contributed by atoms with E-state index in [4.69, 9.17) is 15.2 Å². The Labute approximate surface area is 158 Å². The third-order valence-electron chi connectivity index (χ3n) is 3.90. The van der Waals surface area contributed by atoms with E-state index in [1.807, 2.05) is 37.3 Å². The zero-order chi connectivity index (χ0) is 19.2. The van der Waals surface area contributed by atoms with Crippen LogP contribution in [0.15, 0.2) is 48.8 Å². The van der Waals surface area contributed by atoms with Crippen molar-refractivity contribution in [3.05, 3.63) is 65.5 Å². The predicted octanol–water partition coefficient (Wildman–Crippen LogP) is 3.53. The molecule has 0 spiro atoms. The predicted molar refractivity (Wildman–Crippen MR) is 106 cm³/mol. The molecule has 2 aromatic carbocycles. The molecule has 1 aromatic heterocycles. The highest BCUT2D eigenvalue weighted by atomic mass is 16.5. The Morgan fingerprint density at radius 1 is 0.926 bits per heavy atom. The van der Waals surface area contributed by atoms with Crippen LogP contribution in [0.25, 0.3) is 0 Å². The number of aryl methyl sites for hydroxylation is 1. The van der Waals surface area contributed by atoms with Crippen LogP contribution in [0.4, 0.5) is 17.3 Å². The van der Waals surface area contributed by atoms with Gasteiger partial charge in [-0.2, -0.15) is 0 Å². The number of ether oxygens (including phenoxy) is 2. The van der Waals surface area contributed by atoms with Crippen LogP contribution in [0.2, 0.25) is 0 Å². The van der Waals surface area contributed by atoms with Gasteiger partial charge in [0, 0.05) is 24.0 Å². The van der Waals surface area contributed by atoms with Crippen molar-refractivity contribution in [1.82, 2.24) is 9.97 Å². The molecule has 3 aromatic rings. The minimum atomic E-state index is 0.463. The van der Waals surface area contributed by atoms with Gasteiger partial charge in [-0.1, -0.05) is 24.0 Å². The van der Waals surface area contributed by atoms with E-state index in [9.17, 15) is 0 Å². The van der Waals surface area contributed by atoms with Crippen LogP contribution < -0.4 is 20.5 Å². The highest BCUT2D eigenvalue weighted by Crippen LogP contribution is 2.25. The van der Waals surface area contributed by atoms with Crippen LogP contribution in [-0.2, 0) is 0 Å². The molecule has 0 atom stereocenters. The Morgan fingerprint density at radius 2 is 1.56 bits per heavy atom. The van der Waals surface area contributed by atoms with Crippen LogP contribution in [0.3, 0.4) is 0 Å². The maximum Gasteiger partial charge on any atom is 0.227 e. The van der Waals surface area contributed by atoms with E-state index in [-0.39, 0.29) is 0 Å². The molecule has 0 saturated carbocycles. The van der Waals surface area contributed by atoms with E-state index in [2.05, 4.69) is 27.1 Å². The number of hydrogen-bond acceptors (Lipinski definition) is 6. The standard InChI is InChI=1S/C21H20N4O2/c1-14-5-4-6-19(22)20(14)25-21-23-12-16(13-24-21)8-7-15-9-17(26-2)11-18(10-15)27-3/h4-6,9-13H,22H2,1-3H3,(H,23,24,25). The normalized spacial score (nSPS) is 9.89. The van der Waals surface area contributed by atoms with Crippen molar-refractivity contribution in [3.8, 4) is 23.3 Å². The first-order valence-electron chi connectivity index (χ1n) is 8.28. The number of benzene rings is 2. The monoisotopic (exact) mass is 360 g/mol. The molecule has 0 amide bonds. The molecule has 0 aliphatic rings. The molecular weight excluding hydrogens is 340 g/mol. The first-order valence-corrected chi connectivity index (χ1v) is 8.28. The molecule has 0 unspecified atom stereocenters. The molecule has 6 heteroatoms. The number of anilines is 3. The molecule has 27 heavy (non-hydrogen) atoms. The fraction of sp³-hybridized carbons (Fsp3) is 0.143. The Kier molecular flexibility index (Phi) is 5.43. The van der Waals surface area contributed by atoms with Gasteiger partial charge in [0.05, 0.1) is 31.2 Å². The van der Waals surface area contributed by atoms with Crippen molar-refractivity contribution in [1.29, 1.82) is 0 Å². The van der Waals surface area contributed by atoms with Gasteiger partial charge in [0.1, 0.15) is 11.5 Å². The SMILES string of the molecule is COc1cc(C#Cc2cnc(Nc3c(C)cccc3N)nc2)cc(OC)c1. The molecule has 3 N–H and O–H groups in total. The minimum absolute atomic E-state index is 0.463. The van der Waals surface area contributed by atoms with E-state index in [1.165, 1.54) is 0 Å². The number of methoxy groups -OCH3 is 2. The zero-order valence-electron chi connectivity index (χ0n) is 15.4. The van der Waals surface area contributed by atoms with Gasteiger partial charge in [-0.15, -0.1) is 0 Å². The number of nitrogens with two attached hydrogens (primary N) is 1. The molecule has 1 heterocycles. The highest BCUT2D eigenvalue weighted by Gasteiger charge is 2.05. The fourth-order valence-corrected chi connectivity index (χ4v) is 2.45. The van der Waals surface area contributed by atoms with E-state index in [0.717, 1.165) is 16.8 Å². The third-order valence-corrected chi connectivity index (χ3v) is 3.90. The molecule has 136 valence electrons. The summed E-state index contributed by atoms with van der Waals surface area (Å²) in [5.74, 6) is 7.94. The van der Waals surface area contributed by atoms with Gasteiger partial charge in [0.2, 0.25) is 5.95 Å². The van der Waals surface area contributed by atoms with E-state index in [0.29, 0.717) is 28.7 Å². The van der Waals surface area contributed by atoms with Gasteiger partial charge in [0.15, 0.2) is 0 Å². The zero-order valence-corrected chi connectivity index (χ0v) is 15.4. The largest absolute Gasteiger partial charge is 0.497 e. The quantitative estimate of drug-likeness (QED) is 0.547. The van der Waals surface area contributed by atoms with Crippen LogP contribution in [-0.4, -0.2) is 24.2 Å². The molecule has 3 rings (SSSR count). The summed E-state index contributed by atoms with van der Waals surface area (Å²) in [5.41, 5.74) is 9.95. The number of aromatic nitrogens is 2. The molecule has 0 aliphatic carbocycles. The number of para-hydroxylation sites is 1. The maximum absolute atomic E-state index is 6.00. The topological polar surface area (TPSA) is 82.3 Å². The van der Waals surface area contributed by atoms with E-state index >= 15 is 0 Å². The van der Waals surface area contributed by atoms with Gasteiger partial charge in [0.25, 0.3) is 0 Å². The van der Waals surface area contributed by atoms with Crippen molar-refractivity contribution in [3.63, 3.8) is 0 Å². The van der Waals surface area contributed by atoms with Crippen LogP contribution >= 0.6 is 0 Å². The minimum Gasteiger partial charge on any atom is -0.497 e. The average molecular weight is 360 g/mol. The van der Waals surface area contributed by atoms with Crippen molar-refractivity contribution in [2.24, 2.45) is 0 Å². The summed E-state index contributed by atoms with van der Waals surface area (Å²) >= 11 is 0. The Balaban J connectivity index is 1.78. The van der Waals surface area contributed by atoms with Gasteiger partial charge < -0.3 is 20.5 Å². The summed E-state index contributed by atoms with van der Waals surface area (Å²) in [4.78, 5) is 8.61. The molecule has 0 radical (unpaired) electrons. The summed E-state index contributed by atoms with van der Waals surface area (Å²) in [6.45, 7) is 1.97. The lowest BCUT2D eigenvalue weighted by molar-refractivity contribution is 0.394. The molecule has 0 saturated heterocycles. The summed E-state index contributed by atoms with van der Waals surface area (Å²) in [7, 11) is 3.21. The van der Waals surface area contributed by atoms with Gasteiger partial charge >= 0.3 is 0 Å². The van der Waals surface area contributed by atoms with Crippen LogP contribution in [0.5, 0.6) is 11.5 Å². The Bertz CT molecular complexity index is 962. The molecular formula is C21H20N4O2. The Hall–Kier alpha value is -3.72. The lowest BCUT2D eigenvalue weighted by atomic mass is 10.2. The number of nitrogens with zero attached hydrogens (tertiary/aromatic N) is 2. The number of rotatable bonds is 4. The van der Waals surface area contributed by atoms with Crippen molar-refractivity contribution in [2.75, 3.05) is 25.3 Å². The smallest absolute Gasteiger partial charge is 0.227 e. The van der Waals surface area contributed by atoms with Crippen molar-refractivity contribution >= 4 is 17.3 Å². The summed E-state index contributed by atoms with van der Waals surface area (Å²) in [5, 5.41) is 3.14. The maximum atomic E-state index is 6.00. The number of hydrogen-bond donors (Lipinski definition) is 2. The average Bonchev–Trinajstić information content (AvgIpc) is 2.70. The fourth-order valence-electron chi connectivity index (χ4n) is 2.45. The summed E-state index contributed by atoms with van der Waals surface area (Å²) < 4.78 is 10.5. The van der Waals surface area contributed by atoms with Crippen molar-refractivity contribution < 1.29 is 9.47 Å². The number of nitrogen functional groups attached to an aromatic ring is 1. The molecule has 0 fully saturated rings. The molecule has 6 nitrogen and oxygen atoms in total. The van der Waals surface area contributed by atoms with Crippen molar-refractivity contribution in [2.45, 2.75) is 6.92 Å². The van der Waals surface area contributed by atoms with E-state index < -0.39 is 0 Å². The first-order chi connectivity index (χ1) is 13.1. The summed E-state index contributed by atoms with van der Waals surface area (Å²) in [6, 6.07) is 11.2. The van der Waals surface area contributed by atoms with Gasteiger partial charge in [-0.25, -0.2) is 9.97 Å². The second-order valence-electron chi connectivity index (χ2n) is 5.81. The third kappa shape index (κ3) is 4.47. The first kappa shape index (κ1) is 18.1. The lowest BCUT2D eigenvalue weighted by Crippen LogP contribution is -2.02. The molecule has 0 bridgehead atoms. The highest BCUT2D eigenvalue weighted by molar-refractivity contribution is 5.73. The molecule has 0 aliphatic heterocycles. The second kappa shape index (κ2) is 8.11. The van der Waals surface area contributed by atoms with Gasteiger partial charge in [-0.3, -0.25) is 0 Å². The lowest BCUT2D eigenvalue weighted by Gasteiger charge is -2.10. The van der Waals surface area contributed by atoms with Crippen LogP contribution in [0.1, 0.15) is 16.7 Å². The number of nitrogens with one attached hydrogen (secondary N) is 1. The van der Waals surface area contributed by atoms with E-state index in [1.54, 1.807) is 32.7 Å². The van der Waals surface area contributed by atoms with Gasteiger partial charge in [-0.05, 0) is 30.7 Å². The summed E-state index contributed by atoms with van der Waals surface area (Å²) in [6.07, 6.45) is 3.32. The second-order valence-corrected chi connectivity index (χ2v) is 5.81.